The molecule has 1 saturated heterocycles. The molecule has 140 valence electrons. The first-order chi connectivity index (χ1) is 11.6. The summed E-state index contributed by atoms with van der Waals surface area (Å²) < 4.78 is 18.8. The summed E-state index contributed by atoms with van der Waals surface area (Å²) in [4.78, 5) is 0. The third-order valence-electron chi connectivity index (χ3n) is 4.96. The molecule has 0 unspecified atom stereocenters. The number of nitrogens with zero attached hydrogens (tertiary/aromatic N) is 1. The van der Waals surface area contributed by atoms with Crippen molar-refractivity contribution in [2.45, 2.75) is 70.9 Å². The summed E-state index contributed by atoms with van der Waals surface area (Å²) >= 11 is 0. The Morgan fingerprint density at radius 3 is 2.52 bits per heavy atom. The Labute approximate surface area is 152 Å². The van der Waals surface area contributed by atoms with Gasteiger partial charge in [-0.25, -0.2) is 4.74 Å². The largest absolute Gasteiger partial charge is 0.624 e. The number of hydroxylamine groups is 1. The van der Waals surface area contributed by atoms with Gasteiger partial charge in [0.25, 0.3) is 0 Å². The highest BCUT2D eigenvalue weighted by molar-refractivity contribution is 6.74. The molecule has 0 N–H and O–H groups in total. The van der Waals surface area contributed by atoms with Crippen molar-refractivity contribution in [3.63, 3.8) is 0 Å². The quantitative estimate of drug-likeness (QED) is 0.261. The van der Waals surface area contributed by atoms with Crippen molar-refractivity contribution in [3.8, 4) is 0 Å². The maximum absolute atomic E-state index is 12.4. The summed E-state index contributed by atoms with van der Waals surface area (Å²) in [5, 5.41) is 12.5. The first kappa shape index (κ1) is 20.1. The van der Waals surface area contributed by atoms with Crippen LogP contribution < -0.4 is 0 Å². The number of rotatable bonds is 5. The highest BCUT2D eigenvalue weighted by Crippen LogP contribution is 2.38. The minimum Gasteiger partial charge on any atom is -0.624 e. The summed E-state index contributed by atoms with van der Waals surface area (Å²) in [6.45, 7) is 13.6. The second-order valence-electron chi connectivity index (χ2n) is 8.13. The van der Waals surface area contributed by atoms with E-state index in [-0.39, 0.29) is 17.4 Å². The fourth-order valence-electron chi connectivity index (χ4n) is 2.44. The lowest BCUT2D eigenvalue weighted by Gasteiger charge is -2.42. The van der Waals surface area contributed by atoms with Gasteiger partial charge in [-0.15, -0.1) is 0 Å². The molecular formula is C19H31NO4Si. The number of ether oxygens (including phenoxy) is 2. The lowest BCUT2D eigenvalue weighted by Crippen LogP contribution is -2.53. The molecule has 25 heavy (non-hydrogen) atoms. The van der Waals surface area contributed by atoms with Crippen LogP contribution in [0.4, 0.5) is 0 Å². The molecule has 1 heterocycles. The average Bonchev–Trinajstić information content (AvgIpc) is 2.49. The van der Waals surface area contributed by atoms with Crippen LogP contribution in [0.2, 0.25) is 18.1 Å². The summed E-state index contributed by atoms with van der Waals surface area (Å²) in [6, 6.07) is 9.68. The van der Waals surface area contributed by atoms with E-state index in [2.05, 4.69) is 33.9 Å². The van der Waals surface area contributed by atoms with Crippen LogP contribution in [-0.2, 0) is 20.4 Å². The molecule has 5 nitrogen and oxygen atoms in total. The standard InChI is InChI=1S/C19H31NO4Si/c1-15-22-14-18(24-25(5,6)19(2,3)4)17(23-15)13-20(21)12-16-10-8-7-9-11-16/h7-11,13,15,17-18H,12,14H2,1-6H3/b20-13-/t15-,17+,18-/m1/s1. The molecule has 1 aliphatic rings. The van der Waals surface area contributed by atoms with Crippen molar-refractivity contribution in [2.24, 2.45) is 0 Å². The maximum atomic E-state index is 12.4. The molecule has 2 rings (SSSR count). The normalized spacial score (nSPS) is 25.8. The Bertz CT molecular complexity index is 583. The van der Waals surface area contributed by atoms with Crippen molar-refractivity contribution in [1.29, 1.82) is 0 Å². The number of benzene rings is 1. The van der Waals surface area contributed by atoms with E-state index in [1.165, 1.54) is 0 Å². The Hall–Kier alpha value is -1.21. The third kappa shape index (κ3) is 5.64. The van der Waals surface area contributed by atoms with Crippen LogP contribution in [0.25, 0.3) is 0 Å². The zero-order valence-electron chi connectivity index (χ0n) is 16.2. The smallest absolute Gasteiger partial charge is 0.192 e. The first-order valence-corrected chi connectivity index (χ1v) is 11.8. The van der Waals surface area contributed by atoms with Crippen molar-refractivity contribution in [2.75, 3.05) is 6.61 Å². The minimum absolute atomic E-state index is 0.0851. The first-order valence-electron chi connectivity index (χ1n) is 8.86. The van der Waals surface area contributed by atoms with E-state index in [0.717, 1.165) is 10.3 Å². The molecule has 0 amide bonds. The number of hydrogen-bond donors (Lipinski definition) is 0. The minimum atomic E-state index is -1.98. The van der Waals surface area contributed by atoms with Crippen LogP contribution >= 0.6 is 0 Å². The molecule has 0 aliphatic carbocycles. The predicted molar refractivity (Wildman–Crippen MR) is 102 cm³/mol. The Balaban J connectivity index is 2.12. The molecule has 0 radical (unpaired) electrons. The molecule has 0 aromatic heterocycles. The van der Waals surface area contributed by atoms with E-state index in [9.17, 15) is 5.21 Å². The summed E-state index contributed by atoms with van der Waals surface area (Å²) in [7, 11) is -1.98. The van der Waals surface area contributed by atoms with Gasteiger partial charge in [-0.1, -0.05) is 51.1 Å². The SMILES string of the molecule is C[C@@H]1OC[C@@H](O[Si](C)(C)C(C)(C)C)[C@H](/C=[N+](\[O-])Cc2ccccc2)O1. The zero-order valence-corrected chi connectivity index (χ0v) is 17.2. The third-order valence-corrected chi connectivity index (χ3v) is 9.46. The molecule has 0 spiro atoms. The van der Waals surface area contributed by atoms with E-state index in [1.54, 1.807) is 6.21 Å². The average molecular weight is 366 g/mol. The van der Waals surface area contributed by atoms with Gasteiger partial charge < -0.3 is 19.1 Å². The lowest BCUT2D eigenvalue weighted by atomic mass is 10.2. The van der Waals surface area contributed by atoms with Gasteiger partial charge in [-0.05, 0) is 25.1 Å². The van der Waals surface area contributed by atoms with Gasteiger partial charge in [-0.2, -0.15) is 0 Å². The van der Waals surface area contributed by atoms with Crippen LogP contribution in [0.1, 0.15) is 33.3 Å². The van der Waals surface area contributed by atoms with Gasteiger partial charge >= 0.3 is 0 Å². The Morgan fingerprint density at radius 1 is 1.28 bits per heavy atom. The van der Waals surface area contributed by atoms with Crippen molar-refractivity contribution in [3.05, 3.63) is 41.1 Å². The molecule has 3 atom stereocenters. The van der Waals surface area contributed by atoms with E-state index in [1.807, 2.05) is 37.3 Å². The van der Waals surface area contributed by atoms with Crippen molar-refractivity contribution in [1.82, 2.24) is 0 Å². The van der Waals surface area contributed by atoms with Crippen LogP contribution in [0.5, 0.6) is 0 Å². The second-order valence-corrected chi connectivity index (χ2v) is 12.9. The zero-order chi connectivity index (χ0) is 18.7. The van der Waals surface area contributed by atoms with Gasteiger partial charge in [-0.3, -0.25) is 0 Å². The summed E-state index contributed by atoms with van der Waals surface area (Å²) in [6.07, 6.45) is 0.582. The van der Waals surface area contributed by atoms with Crippen LogP contribution in [0.15, 0.2) is 30.3 Å². The molecule has 0 bridgehead atoms. The maximum Gasteiger partial charge on any atom is 0.192 e. The monoisotopic (exact) mass is 365 g/mol. The fraction of sp³-hybridized carbons (Fsp3) is 0.632. The molecule has 1 aromatic rings. The second kappa shape index (κ2) is 7.99. The summed E-state index contributed by atoms with van der Waals surface area (Å²) in [5.41, 5.74) is 0.968. The van der Waals surface area contributed by atoms with E-state index >= 15 is 0 Å². The molecule has 1 aromatic carbocycles. The van der Waals surface area contributed by atoms with Gasteiger partial charge in [0, 0.05) is 5.56 Å². The highest BCUT2D eigenvalue weighted by atomic mass is 28.4. The number of hydrogen-bond acceptors (Lipinski definition) is 4. The lowest BCUT2D eigenvalue weighted by molar-refractivity contribution is -0.474. The van der Waals surface area contributed by atoms with Crippen LogP contribution in [0.3, 0.4) is 0 Å². The predicted octanol–water partition coefficient (Wildman–Crippen LogP) is 3.92. The van der Waals surface area contributed by atoms with Gasteiger partial charge in [0.2, 0.25) is 0 Å². The molecule has 1 aliphatic heterocycles. The van der Waals surface area contributed by atoms with Gasteiger partial charge in [0.15, 0.2) is 33.5 Å². The molecule has 1 fully saturated rings. The fourth-order valence-corrected chi connectivity index (χ4v) is 3.75. The highest BCUT2D eigenvalue weighted by Gasteiger charge is 2.43. The van der Waals surface area contributed by atoms with Crippen LogP contribution in [0, 0.1) is 5.21 Å². The Kier molecular flexibility index (Phi) is 6.43. The molecule has 0 saturated carbocycles. The Morgan fingerprint density at radius 2 is 1.92 bits per heavy atom. The van der Waals surface area contributed by atoms with E-state index in [0.29, 0.717) is 13.2 Å². The van der Waals surface area contributed by atoms with Crippen molar-refractivity contribution < 1.29 is 18.6 Å². The topological polar surface area (TPSA) is 53.8 Å². The molecular weight excluding hydrogens is 334 g/mol. The van der Waals surface area contributed by atoms with E-state index in [4.69, 9.17) is 13.9 Å². The van der Waals surface area contributed by atoms with Crippen molar-refractivity contribution >= 4 is 14.5 Å². The van der Waals surface area contributed by atoms with Crippen LogP contribution in [-0.4, -0.2) is 44.4 Å². The van der Waals surface area contributed by atoms with Gasteiger partial charge in [0.1, 0.15) is 6.10 Å². The molecule has 6 heteroatoms. The van der Waals surface area contributed by atoms with E-state index < -0.39 is 14.4 Å². The summed E-state index contributed by atoms with van der Waals surface area (Å²) in [5.74, 6) is 0. The van der Waals surface area contributed by atoms with Gasteiger partial charge in [0.05, 0.1) is 6.61 Å².